The van der Waals surface area contributed by atoms with Gasteiger partial charge in [-0.05, 0) is 61.2 Å². The molecule has 1 heterocycles. The van der Waals surface area contributed by atoms with Gasteiger partial charge in [-0.25, -0.2) is 4.98 Å². The number of benzene rings is 3. The maximum atomic E-state index is 13.6. The van der Waals surface area contributed by atoms with Gasteiger partial charge in [0.05, 0.1) is 29.2 Å². The highest BCUT2D eigenvalue weighted by molar-refractivity contribution is 9.10. The molecule has 0 N–H and O–H groups in total. The Morgan fingerprint density at radius 1 is 1.11 bits per heavy atom. The van der Waals surface area contributed by atoms with Crippen LogP contribution < -0.4 is 15.0 Å². The predicted octanol–water partition coefficient (Wildman–Crippen LogP) is 7.64. The van der Waals surface area contributed by atoms with Crippen LogP contribution in [0.1, 0.15) is 60.5 Å². The lowest BCUT2D eigenvalue weighted by Crippen LogP contribution is -2.25. The lowest BCUT2D eigenvalue weighted by atomic mass is 9.88. The van der Waals surface area contributed by atoms with Crippen LogP contribution in [-0.2, 0) is 6.61 Å². The average Bonchev–Trinajstić information content (AvgIpc) is 2.93. The van der Waals surface area contributed by atoms with Gasteiger partial charge in [0, 0.05) is 10.4 Å². The summed E-state index contributed by atoms with van der Waals surface area (Å²) in [5.74, 6) is 1.85. The van der Waals surface area contributed by atoms with E-state index < -0.39 is 0 Å². The Labute approximate surface area is 235 Å². The molecule has 1 fully saturated rings. The van der Waals surface area contributed by atoms with Crippen molar-refractivity contribution in [2.75, 3.05) is 7.11 Å². The van der Waals surface area contributed by atoms with E-state index >= 15 is 0 Å². The largest absolute Gasteiger partial charge is 0.493 e. The molecule has 38 heavy (non-hydrogen) atoms. The molecule has 0 saturated heterocycles. The molecule has 1 aliphatic rings. The van der Waals surface area contributed by atoms with Gasteiger partial charge in [-0.2, -0.15) is 9.78 Å². The number of ether oxygens (including phenoxy) is 2. The van der Waals surface area contributed by atoms with Crippen molar-refractivity contribution in [3.8, 4) is 11.5 Å². The van der Waals surface area contributed by atoms with Gasteiger partial charge in [-0.3, -0.25) is 4.79 Å². The zero-order valence-corrected chi connectivity index (χ0v) is 23.8. The molecule has 3 aromatic carbocycles. The van der Waals surface area contributed by atoms with Crippen LogP contribution >= 0.6 is 27.5 Å². The lowest BCUT2D eigenvalue weighted by Gasteiger charge is -2.22. The first-order valence-corrected chi connectivity index (χ1v) is 13.9. The zero-order chi connectivity index (χ0) is 26.6. The van der Waals surface area contributed by atoms with E-state index in [0.717, 1.165) is 35.7 Å². The number of hydrogen-bond donors (Lipinski definition) is 0. The molecule has 4 aromatic rings. The van der Waals surface area contributed by atoms with Crippen molar-refractivity contribution >= 4 is 44.6 Å². The number of aromatic nitrogens is 2. The summed E-state index contributed by atoms with van der Waals surface area (Å²) >= 11 is 10.1. The van der Waals surface area contributed by atoms with Gasteiger partial charge in [-0.1, -0.05) is 76.6 Å². The number of fused-ring (bicyclic) bond motifs is 1. The first-order valence-electron chi connectivity index (χ1n) is 12.8. The van der Waals surface area contributed by atoms with Gasteiger partial charge >= 0.3 is 0 Å². The third kappa shape index (κ3) is 5.79. The van der Waals surface area contributed by atoms with Crippen molar-refractivity contribution in [3.05, 3.63) is 97.0 Å². The summed E-state index contributed by atoms with van der Waals surface area (Å²) in [5.41, 5.74) is 3.40. The molecule has 5 rings (SSSR count). The Balaban J connectivity index is 1.49. The van der Waals surface area contributed by atoms with Crippen molar-refractivity contribution in [1.29, 1.82) is 0 Å². The zero-order valence-electron chi connectivity index (χ0n) is 21.4. The van der Waals surface area contributed by atoms with E-state index in [-0.39, 0.29) is 11.5 Å². The SMILES string of the molecule is COc1cc(C=Nn2c(C3CCCCC3)nc3ccc(Br)cc3c2=O)cc(Cl)c1OCc1ccc(C)cc1. The van der Waals surface area contributed by atoms with Crippen LogP contribution in [0, 0.1) is 6.92 Å². The lowest BCUT2D eigenvalue weighted by molar-refractivity contribution is 0.284. The van der Waals surface area contributed by atoms with Gasteiger partial charge in [0.1, 0.15) is 12.4 Å². The third-order valence-corrected chi connectivity index (χ3v) is 7.66. The molecule has 0 radical (unpaired) electrons. The molecule has 1 aliphatic carbocycles. The second-order valence-electron chi connectivity index (χ2n) is 9.64. The number of nitrogens with zero attached hydrogens (tertiary/aromatic N) is 3. The number of aryl methyl sites for hydroxylation is 1. The van der Waals surface area contributed by atoms with Crippen molar-refractivity contribution in [3.63, 3.8) is 0 Å². The van der Waals surface area contributed by atoms with Crippen LogP contribution in [0.25, 0.3) is 10.9 Å². The van der Waals surface area contributed by atoms with Gasteiger partial charge in [0.2, 0.25) is 0 Å². The minimum atomic E-state index is -0.191. The molecule has 0 amide bonds. The Bertz CT molecular complexity index is 1540. The minimum absolute atomic E-state index is 0.191. The summed E-state index contributed by atoms with van der Waals surface area (Å²) in [4.78, 5) is 18.5. The van der Waals surface area contributed by atoms with E-state index in [1.165, 1.54) is 16.7 Å². The van der Waals surface area contributed by atoms with Crippen LogP contribution in [0.4, 0.5) is 0 Å². The fourth-order valence-electron chi connectivity index (χ4n) is 4.82. The highest BCUT2D eigenvalue weighted by atomic mass is 79.9. The normalized spacial score (nSPS) is 14.3. The van der Waals surface area contributed by atoms with Gasteiger partial charge in [0.15, 0.2) is 11.5 Å². The summed E-state index contributed by atoms with van der Waals surface area (Å²) in [6, 6.07) is 17.3. The molecule has 0 spiro atoms. The summed E-state index contributed by atoms with van der Waals surface area (Å²) in [6.07, 6.45) is 7.07. The summed E-state index contributed by atoms with van der Waals surface area (Å²) in [6.45, 7) is 2.41. The number of methoxy groups -OCH3 is 1. The van der Waals surface area contributed by atoms with E-state index in [1.807, 2.05) is 43.3 Å². The maximum Gasteiger partial charge on any atom is 0.282 e. The Morgan fingerprint density at radius 3 is 2.61 bits per heavy atom. The first-order chi connectivity index (χ1) is 18.4. The van der Waals surface area contributed by atoms with Crippen molar-refractivity contribution < 1.29 is 9.47 Å². The minimum Gasteiger partial charge on any atom is -0.493 e. The van der Waals surface area contributed by atoms with Gasteiger partial charge < -0.3 is 9.47 Å². The summed E-state index contributed by atoms with van der Waals surface area (Å²) in [5, 5.41) is 5.55. The maximum absolute atomic E-state index is 13.6. The molecule has 1 aromatic heterocycles. The highest BCUT2D eigenvalue weighted by Gasteiger charge is 2.22. The standard InChI is InChI=1S/C30H29BrClN3O3/c1-19-8-10-20(11-9-19)18-38-28-25(32)14-21(15-27(28)37-2)17-33-35-29(22-6-4-3-5-7-22)34-26-13-12-23(31)16-24(26)30(35)36/h8-17,22H,3-7,18H2,1-2H3. The fourth-order valence-corrected chi connectivity index (χ4v) is 5.46. The second kappa shape index (κ2) is 11.7. The molecule has 196 valence electrons. The van der Waals surface area contributed by atoms with Crippen LogP contribution in [0.3, 0.4) is 0 Å². The van der Waals surface area contributed by atoms with Gasteiger partial charge in [0.25, 0.3) is 5.56 Å². The highest BCUT2D eigenvalue weighted by Crippen LogP contribution is 2.37. The first kappa shape index (κ1) is 26.4. The van der Waals surface area contributed by atoms with E-state index in [0.29, 0.717) is 45.4 Å². The van der Waals surface area contributed by atoms with E-state index in [9.17, 15) is 4.79 Å². The molecule has 8 heteroatoms. The van der Waals surface area contributed by atoms with Crippen molar-refractivity contribution in [2.45, 2.75) is 51.6 Å². The Hall–Kier alpha value is -3.16. The molecule has 0 bridgehead atoms. The van der Waals surface area contributed by atoms with Crippen LogP contribution in [0.15, 0.2) is 69.0 Å². The summed E-state index contributed by atoms with van der Waals surface area (Å²) < 4.78 is 13.9. The number of halogens is 2. The molecular formula is C30H29BrClN3O3. The molecular weight excluding hydrogens is 566 g/mol. The van der Waals surface area contributed by atoms with Crippen LogP contribution in [-0.4, -0.2) is 23.0 Å². The number of rotatable bonds is 7. The molecule has 0 atom stereocenters. The van der Waals surface area contributed by atoms with E-state index in [1.54, 1.807) is 31.5 Å². The quantitative estimate of drug-likeness (QED) is 0.206. The van der Waals surface area contributed by atoms with E-state index in [2.05, 4.69) is 21.0 Å². The third-order valence-electron chi connectivity index (χ3n) is 6.88. The Kier molecular flexibility index (Phi) is 8.15. The molecule has 6 nitrogen and oxygen atoms in total. The molecule has 0 aliphatic heterocycles. The second-order valence-corrected chi connectivity index (χ2v) is 11.0. The van der Waals surface area contributed by atoms with Crippen LogP contribution in [0.2, 0.25) is 5.02 Å². The predicted molar refractivity (Wildman–Crippen MR) is 156 cm³/mol. The smallest absolute Gasteiger partial charge is 0.282 e. The van der Waals surface area contributed by atoms with Crippen molar-refractivity contribution in [1.82, 2.24) is 9.66 Å². The Morgan fingerprint density at radius 2 is 1.87 bits per heavy atom. The summed E-state index contributed by atoms with van der Waals surface area (Å²) in [7, 11) is 1.57. The monoisotopic (exact) mass is 593 g/mol. The molecule has 0 unspecified atom stereocenters. The molecule has 1 saturated carbocycles. The van der Waals surface area contributed by atoms with Crippen LogP contribution in [0.5, 0.6) is 11.5 Å². The van der Waals surface area contributed by atoms with Crippen molar-refractivity contribution in [2.24, 2.45) is 5.10 Å². The van der Waals surface area contributed by atoms with E-state index in [4.69, 9.17) is 26.1 Å². The van der Waals surface area contributed by atoms with Gasteiger partial charge in [-0.15, -0.1) is 0 Å². The number of hydrogen-bond acceptors (Lipinski definition) is 5. The average molecular weight is 595 g/mol. The topological polar surface area (TPSA) is 65.7 Å². The fraction of sp³-hybridized carbons (Fsp3) is 0.300.